The second kappa shape index (κ2) is 5.02. The molecule has 1 aromatic rings. The van der Waals surface area contributed by atoms with Gasteiger partial charge in [-0.1, -0.05) is 0 Å². The van der Waals surface area contributed by atoms with Crippen molar-refractivity contribution in [3.63, 3.8) is 0 Å². The Hall–Kier alpha value is -1.23. The van der Waals surface area contributed by atoms with Crippen molar-refractivity contribution in [1.82, 2.24) is 4.98 Å². The van der Waals surface area contributed by atoms with Gasteiger partial charge in [0, 0.05) is 0 Å². The first-order chi connectivity index (χ1) is 6.99. The van der Waals surface area contributed by atoms with Gasteiger partial charge in [-0.3, -0.25) is 9.59 Å². The van der Waals surface area contributed by atoms with Crippen LogP contribution in [0, 0.1) is 6.92 Å². The first-order valence-corrected chi connectivity index (χ1v) is 5.21. The van der Waals surface area contributed by atoms with E-state index in [0.29, 0.717) is 16.0 Å². The molecule has 0 aliphatic heterocycles. The van der Waals surface area contributed by atoms with Crippen LogP contribution in [0.5, 0.6) is 0 Å². The number of nitrogens with zero attached hydrogens (tertiary/aromatic N) is 1. The predicted octanol–water partition coefficient (Wildman–Crippen LogP) is 2.07. The highest BCUT2D eigenvalue weighted by atomic mass is 79.9. The zero-order valence-electron chi connectivity index (χ0n) is 8.50. The average Bonchev–Trinajstić information content (AvgIpc) is 2.08. The summed E-state index contributed by atoms with van der Waals surface area (Å²) in [4.78, 5) is 26.1. The molecule has 0 spiro atoms. The molecule has 1 aromatic heterocycles. The Morgan fingerprint density at radius 1 is 1.47 bits per heavy atom. The number of ketones is 1. The number of amides is 1. The lowest BCUT2D eigenvalue weighted by Gasteiger charge is -2.06. The van der Waals surface area contributed by atoms with Gasteiger partial charge in [-0.2, -0.15) is 0 Å². The summed E-state index contributed by atoms with van der Waals surface area (Å²) in [7, 11) is 0. The molecule has 1 N–H and O–H groups in total. The van der Waals surface area contributed by atoms with Crippen LogP contribution in [-0.2, 0) is 9.59 Å². The van der Waals surface area contributed by atoms with Crippen molar-refractivity contribution in [3.8, 4) is 0 Å². The lowest BCUT2D eigenvalue weighted by atomic mass is 10.2. The molecule has 0 saturated heterocycles. The van der Waals surface area contributed by atoms with E-state index in [1.807, 2.05) is 0 Å². The van der Waals surface area contributed by atoms with Gasteiger partial charge in [0.25, 0.3) is 0 Å². The van der Waals surface area contributed by atoms with E-state index in [1.54, 1.807) is 19.1 Å². The fraction of sp³-hybridized carbons (Fsp3) is 0.300. The molecule has 0 bridgehead atoms. The summed E-state index contributed by atoms with van der Waals surface area (Å²) in [6.45, 7) is 3.17. The molecule has 1 rings (SSSR count). The number of hydrogen-bond donors (Lipinski definition) is 1. The van der Waals surface area contributed by atoms with E-state index in [4.69, 9.17) is 0 Å². The Morgan fingerprint density at radius 3 is 2.67 bits per heavy atom. The fourth-order valence-corrected chi connectivity index (χ4v) is 1.48. The van der Waals surface area contributed by atoms with E-state index in [9.17, 15) is 9.59 Å². The van der Waals surface area contributed by atoms with E-state index in [2.05, 4.69) is 26.2 Å². The van der Waals surface area contributed by atoms with Gasteiger partial charge >= 0.3 is 0 Å². The number of carbonyl (C=O) groups is 2. The lowest BCUT2D eigenvalue weighted by Crippen LogP contribution is -2.15. The second-order valence-electron chi connectivity index (χ2n) is 3.19. The van der Waals surface area contributed by atoms with Gasteiger partial charge in [0.2, 0.25) is 5.91 Å². The quantitative estimate of drug-likeness (QED) is 0.676. The van der Waals surface area contributed by atoms with Gasteiger partial charge in [0.1, 0.15) is 10.4 Å². The van der Waals surface area contributed by atoms with Gasteiger partial charge in [0.15, 0.2) is 0 Å². The molecule has 0 atom stereocenters. The van der Waals surface area contributed by atoms with Crippen LogP contribution in [0.25, 0.3) is 0 Å². The number of aromatic nitrogens is 1. The van der Waals surface area contributed by atoms with Crippen molar-refractivity contribution >= 4 is 33.3 Å². The molecular formula is C10H11BrN2O2. The average molecular weight is 271 g/mol. The molecule has 0 aliphatic carbocycles. The Kier molecular flexibility index (Phi) is 3.96. The maximum atomic E-state index is 11.3. The first kappa shape index (κ1) is 11.8. The highest BCUT2D eigenvalue weighted by molar-refractivity contribution is 9.10. The van der Waals surface area contributed by atoms with E-state index in [0.717, 1.165) is 0 Å². The number of Topliss-reactive ketones (excluding diaryl/α,β-unsaturated/α-hetero) is 1. The summed E-state index contributed by atoms with van der Waals surface area (Å²) in [5.74, 6) is -0.468. The van der Waals surface area contributed by atoms with Crippen molar-refractivity contribution in [2.45, 2.75) is 20.3 Å². The summed E-state index contributed by atoms with van der Waals surface area (Å²) in [6.07, 6.45) is -0.102. The second-order valence-corrected chi connectivity index (χ2v) is 4.01. The molecule has 4 nitrogen and oxygen atoms in total. The summed E-state index contributed by atoms with van der Waals surface area (Å²) in [5.41, 5.74) is 1.34. The lowest BCUT2D eigenvalue weighted by molar-refractivity contribution is -0.124. The number of carbonyl (C=O) groups excluding carboxylic acids is 2. The minimum atomic E-state index is -0.310. The normalized spacial score (nSPS) is 9.80. The third kappa shape index (κ3) is 3.79. The number of halogens is 1. The summed E-state index contributed by atoms with van der Waals surface area (Å²) in [6, 6.07) is 3.47. The van der Waals surface area contributed by atoms with Crippen LogP contribution in [0.4, 0.5) is 5.69 Å². The molecule has 5 heteroatoms. The minimum absolute atomic E-state index is 0.102. The van der Waals surface area contributed by atoms with E-state index in [-0.39, 0.29) is 18.1 Å². The molecule has 1 amide bonds. The van der Waals surface area contributed by atoms with Crippen LogP contribution in [0.15, 0.2) is 16.7 Å². The number of aryl methyl sites for hydroxylation is 1. The topological polar surface area (TPSA) is 59.1 Å². The molecule has 0 fully saturated rings. The van der Waals surface area contributed by atoms with Crippen LogP contribution in [0.2, 0.25) is 0 Å². The highest BCUT2D eigenvalue weighted by Crippen LogP contribution is 2.16. The predicted molar refractivity (Wildman–Crippen MR) is 60.6 cm³/mol. The molecule has 0 aliphatic rings. The molecule has 80 valence electrons. The maximum absolute atomic E-state index is 11.3. The number of pyridine rings is 1. The van der Waals surface area contributed by atoms with Crippen molar-refractivity contribution in [1.29, 1.82) is 0 Å². The van der Waals surface area contributed by atoms with Crippen LogP contribution in [0.3, 0.4) is 0 Å². The van der Waals surface area contributed by atoms with E-state index >= 15 is 0 Å². The van der Waals surface area contributed by atoms with Crippen LogP contribution < -0.4 is 5.32 Å². The zero-order chi connectivity index (χ0) is 11.4. The van der Waals surface area contributed by atoms with Gasteiger partial charge < -0.3 is 5.32 Å². The summed E-state index contributed by atoms with van der Waals surface area (Å²) in [5, 5.41) is 2.63. The number of anilines is 1. The van der Waals surface area contributed by atoms with Crippen molar-refractivity contribution in [2.75, 3.05) is 5.32 Å². The van der Waals surface area contributed by atoms with Gasteiger partial charge in [-0.25, -0.2) is 4.98 Å². The Morgan fingerprint density at radius 2 is 2.13 bits per heavy atom. The smallest absolute Gasteiger partial charge is 0.231 e. The third-order valence-corrected chi connectivity index (χ3v) is 2.18. The van der Waals surface area contributed by atoms with Gasteiger partial charge in [0.05, 0.1) is 17.8 Å². The van der Waals surface area contributed by atoms with Crippen molar-refractivity contribution in [2.24, 2.45) is 0 Å². The summed E-state index contributed by atoms with van der Waals surface area (Å²) < 4.78 is 0.713. The number of rotatable bonds is 3. The molecular weight excluding hydrogens is 260 g/mol. The van der Waals surface area contributed by atoms with Crippen LogP contribution >= 0.6 is 15.9 Å². The molecule has 1 heterocycles. The van der Waals surface area contributed by atoms with Crippen molar-refractivity contribution < 1.29 is 9.59 Å². The molecule has 0 radical (unpaired) electrons. The molecule has 15 heavy (non-hydrogen) atoms. The highest BCUT2D eigenvalue weighted by Gasteiger charge is 2.07. The number of hydrogen-bond acceptors (Lipinski definition) is 3. The minimum Gasteiger partial charge on any atom is -0.324 e. The molecule has 0 saturated carbocycles. The zero-order valence-corrected chi connectivity index (χ0v) is 10.1. The van der Waals surface area contributed by atoms with Crippen molar-refractivity contribution in [3.05, 3.63) is 22.4 Å². The fourth-order valence-electron chi connectivity index (χ4n) is 1.08. The standard InChI is InChI=1S/C10H11BrN2O2/c1-6(14)5-10(15)13-8-3-4-9(11)12-7(8)2/h3-4H,5H2,1-2H3,(H,13,15). The number of nitrogens with one attached hydrogen (secondary N) is 1. The van der Waals surface area contributed by atoms with Gasteiger partial charge in [-0.05, 0) is 41.9 Å². The SMILES string of the molecule is CC(=O)CC(=O)Nc1ccc(Br)nc1C. The Labute approximate surface area is 96.2 Å². The van der Waals surface area contributed by atoms with Crippen LogP contribution in [0.1, 0.15) is 19.0 Å². The monoisotopic (exact) mass is 270 g/mol. The Balaban J connectivity index is 2.72. The molecule has 0 unspecified atom stereocenters. The summed E-state index contributed by atoms with van der Waals surface area (Å²) >= 11 is 3.22. The van der Waals surface area contributed by atoms with Gasteiger partial charge in [-0.15, -0.1) is 0 Å². The first-order valence-electron chi connectivity index (χ1n) is 4.41. The maximum Gasteiger partial charge on any atom is 0.231 e. The van der Waals surface area contributed by atoms with E-state index < -0.39 is 0 Å². The molecule has 0 aromatic carbocycles. The van der Waals surface area contributed by atoms with Crippen LogP contribution in [-0.4, -0.2) is 16.7 Å². The third-order valence-electron chi connectivity index (χ3n) is 1.74. The Bertz CT molecular complexity index is 404. The largest absolute Gasteiger partial charge is 0.324 e. The van der Waals surface area contributed by atoms with E-state index in [1.165, 1.54) is 6.92 Å².